The lowest BCUT2D eigenvalue weighted by Gasteiger charge is -2.32. The lowest BCUT2D eigenvalue weighted by atomic mass is 9.73. The van der Waals surface area contributed by atoms with Crippen LogP contribution in [0.5, 0.6) is 0 Å². The van der Waals surface area contributed by atoms with Crippen LogP contribution in [0.15, 0.2) is 11.6 Å². The summed E-state index contributed by atoms with van der Waals surface area (Å²) >= 11 is 0. The fourth-order valence-electron chi connectivity index (χ4n) is 3.29. The SMILES string of the molecule is C/C=C1\[C@H]2CC[C@H](C2)C1(C)C. The Morgan fingerprint density at radius 3 is 2.45 bits per heavy atom. The maximum absolute atomic E-state index is 2.42. The predicted octanol–water partition coefficient (Wildman–Crippen LogP) is 3.39. The summed E-state index contributed by atoms with van der Waals surface area (Å²) in [7, 11) is 0. The maximum Gasteiger partial charge on any atom is -0.0114 e. The Balaban J connectivity index is 2.36. The fraction of sp³-hybridized carbons (Fsp3) is 0.818. The molecule has 0 amide bonds. The first-order valence-electron chi connectivity index (χ1n) is 4.83. The van der Waals surface area contributed by atoms with E-state index in [1.807, 2.05) is 0 Å². The Hall–Kier alpha value is -0.260. The zero-order chi connectivity index (χ0) is 8.06. The molecule has 0 heteroatoms. The third kappa shape index (κ3) is 0.816. The van der Waals surface area contributed by atoms with Crippen LogP contribution in [0.3, 0.4) is 0 Å². The smallest absolute Gasteiger partial charge is 0.0114 e. The second-order valence-corrected chi connectivity index (χ2v) is 4.67. The van der Waals surface area contributed by atoms with Gasteiger partial charge in [0.05, 0.1) is 0 Å². The number of allylic oxidation sites excluding steroid dienone is 2. The topological polar surface area (TPSA) is 0 Å². The van der Waals surface area contributed by atoms with Gasteiger partial charge in [-0.15, -0.1) is 0 Å². The van der Waals surface area contributed by atoms with Crippen LogP contribution in [0.4, 0.5) is 0 Å². The van der Waals surface area contributed by atoms with Gasteiger partial charge < -0.3 is 0 Å². The van der Waals surface area contributed by atoms with E-state index in [1.165, 1.54) is 19.3 Å². The third-order valence-corrected chi connectivity index (χ3v) is 3.95. The van der Waals surface area contributed by atoms with Gasteiger partial charge in [0.25, 0.3) is 0 Å². The van der Waals surface area contributed by atoms with Crippen molar-refractivity contribution in [1.82, 2.24) is 0 Å². The second kappa shape index (κ2) is 2.12. The number of rotatable bonds is 0. The molecule has 0 radical (unpaired) electrons. The van der Waals surface area contributed by atoms with Crippen molar-refractivity contribution in [1.29, 1.82) is 0 Å². The molecule has 2 rings (SSSR count). The van der Waals surface area contributed by atoms with Crippen molar-refractivity contribution in [3.05, 3.63) is 11.6 Å². The molecule has 0 aromatic rings. The second-order valence-electron chi connectivity index (χ2n) is 4.67. The molecule has 0 aromatic carbocycles. The van der Waals surface area contributed by atoms with E-state index in [2.05, 4.69) is 26.8 Å². The standard InChI is InChI=1S/C11H18/c1-4-10-8-5-6-9(7-8)11(10,2)3/h4,8-9H,5-7H2,1-3H3/b10-4+/t8-,9+/m0/s1. The highest BCUT2D eigenvalue weighted by atomic mass is 14.5. The molecule has 2 aliphatic rings. The molecule has 0 heterocycles. The minimum Gasteiger partial charge on any atom is -0.0876 e. The summed E-state index contributed by atoms with van der Waals surface area (Å²) in [5, 5.41) is 0. The highest BCUT2D eigenvalue weighted by Crippen LogP contribution is 2.58. The summed E-state index contributed by atoms with van der Waals surface area (Å²) in [6, 6.07) is 0. The van der Waals surface area contributed by atoms with Gasteiger partial charge in [-0.05, 0) is 43.4 Å². The van der Waals surface area contributed by atoms with Crippen molar-refractivity contribution in [2.45, 2.75) is 40.0 Å². The first-order chi connectivity index (χ1) is 5.16. The normalized spacial score (nSPS) is 43.7. The van der Waals surface area contributed by atoms with Crippen molar-refractivity contribution in [3.8, 4) is 0 Å². The average molecular weight is 150 g/mol. The molecule has 2 fully saturated rings. The highest BCUT2D eigenvalue weighted by Gasteiger charge is 2.48. The monoisotopic (exact) mass is 150 g/mol. The molecule has 0 spiro atoms. The van der Waals surface area contributed by atoms with Crippen molar-refractivity contribution in [2.75, 3.05) is 0 Å². The minimum atomic E-state index is 0.539. The first kappa shape index (κ1) is 7.39. The van der Waals surface area contributed by atoms with E-state index in [9.17, 15) is 0 Å². The van der Waals surface area contributed by atoms with Crippen LogP contribution in [0, 0.1) is 17.3 Å². The van der Waals surface area contributed by atoms with E-state index in [1.54, 1.807) is 5.57 Å². The largest absolute Gasteiger partial charge is 0.0876 e. The van der Waals surface area contributed by atoms with Gasteiger partial charge in [0.15, 0.2) is 0 Å². The van der Waals surface area contributed by atoms with Crippen LogP contribution in [-0.2, 0) is 0 Å². The Kier molecular flexibility index (Phi) is 1.42. The van der Waals surface area contributed by atoms with Gasteiger partial charge in [0.2, 0.25) is 0 Å². The molecular formula is C11H18. The highest BCUT2D eigenvalue weighted by molar-refractivity contribution is 5.25. The van der Waals surface area contributed by atoms with Crippen LogP contribution < -0.4 is 0 Å². The third-order valence-electron chi connectivity index (χ3n) is 3.95. The van der Waals surface area contributed by atoms with Gasteiger partial charge in [-0.25, -0.2) is 0 Å². The van der Waals surface area contributed by atoms with E-state index in [4.69, 9.17) is 0 Å². The Bertz CT molecular complexity index is 198. The molecule has 0 N–H and O–H groups in total. The van der Waals surface area contributed by atoms with Crippen LogP contribution in [0.2, 0.25) is 0 Å². The van der Waals surface area contributed by atoms with Gasteiger partial charge >= 0.3 is 0 Å². The van der Waals surface area contributed by atoms with Gasteiger partial charge in [-0.2, -0.15) is 0 Å². The van der Waals surface area contributed by atoms with Gasteiger partial charge in [-0.3, -0.25) is 0 Å². The molecule has 62 valence electrons. The quantitative estimate of drug-likeness (QED) is 0.464. The Labute approximate surface area is 69.7 Å². The zero-order valence-corrected chi connectivity index (χ0v) is 7.85. The van der Waals surface area contributed by atoms with Gasteiger partial charge in [-0.1, -0.05) is 25.5 Å². The summed E-state index contributed by atoms with van der Waals surface area (Å²) in [5.74, 6) is 1.96. The first-order valence-corrected chi connectivity index (χ1v) is 4.83. The molecular weight excluding hydrogens is 132 g/mol. The lowest BCUT2D eigenvalue weighted by molar-refractivity contribution is 0.287. The van der Waals surface area contributed by atoms with Crippen molar-refractivity contribution in [2.24, 2.45) is 17.3 Å². The summed E-state index contributed by atoms with van der Waals surface area (Å²) < 4.78 is 0. The summed E-state index contributed by atoms with van der Waals surface area (Å²) in [4.78, 5) is 0. The van der Waals surface area contributed by atoms with Crippen LogP contribution >= 0.6 is 0 Å². The van der Waals surface area contributed by atoms with Crippen molar-refractivity contribution < 1.29 is 0 Å². The zero-order valence-electron chi connectivity index (χ0n) is 7.85. The Morgan fingerprint density at radius 1 is 1.36 bits per heavy atom. The number of hydrogen-bond donors (Lipinski definition) is 0. The Morgan fingerprint density at radius 2 is 2.09 bits per heavy atom. The summed E-state index contributed by atoms with van der Waals surface area (Å²) in [5.41, 5.74) is 2.28. The minimum absolute atomic E-state index is 0.539. The van der Waals surface area contributed by atoms with Crippen LogP contribution in [0.1, 0.15) is 40.0 Å². The van der Waals surface area contributed by atoms with Crippen molar-refractivity contribution in [3.63, 3.8) is 0 Å². The predicted molar refractivity (Wildman–Crippen MR) is 48.4 cm³/mol. The van der Waals surface area contributed by atoms with Gasteiger partial charge in [0, 0.05) is 0 Å². The molecule has 2 bridgehead atoms. The molecule has 2 saturated carbocycles. The molecule has 2 atom stereocenters. The molecule has 0 unspecified atom stereocenters. The molecule has 2 aliphatic carbocycles. The fourth-order valence-corrected chi connectivity index (χ4v) is 3.29. The lowest BCUT2D eigenvalue weighted by Crippen LogP contribution is -2.22. The van der Waals surface area contributed by atoms with E-state index in [-0.39, 0.29) is 0 Å². The maximum atomic E-state index is 2.42. The molecule has 11 heavy (non-hydrogen) atoms. The number of hydrogen-bond acceptors (Lipinski definition) is 0. The molecule has 0 aliphatic heterocycles. The number of fused-ring (bicyclic) bond motifs is 2. The van der Waals surface area contributed by atoms with Crippen LogP contribution in [-0.4, -0.2) is 0 Å². The van der Waals surface area contributed by atoms with Gasteiger partial charge in [0.1, 0.15) is 0 Å². The molecule has 0 nitrogen and oxygen atoms in total. The molecule has 0 aromatic heterocycles. The van der Waals surface area contributed by atoms with E-state index in [0.717, 1.165) is 11.8 Å². The molecule has 0 saturated heterocycles. The van der Waals surface area contributed by atoms with Crippen molar-refractivity contribution >= 4 is 0 Å². The van der Waals surface area contributed by atoms with Crippen LogP contribution in [0.25, 0.3) is 0 Å². The average Bonchev–Trinajstić information content (AvgIpc) is 2.44. The van der Waals surface area contributed by atoms with E-state index < -0.39 is 0 Å². The van der Waals surface area contributed by atoms with E-state index in [0.29, 0.717) is 5.41 Å². The van der Waals surface area contributed by atoms with E-state index >= 15 is 0 Å². The summed E-state index contributed by atoms with van der Waals surface area (Å²) in [6.45, 7) is 7.05. The summed E-state index contributed by atoms with van der Waals surface area (Å²) in [6.07, 6.45) is 6.79.